The standard InChI is InChI=1S/C12H16N2O5/c1-3-18-12(15)9(13-2)8-19-11-7-5-4-6-10(11)14(16)17/h4-7,9,13H,3,8H2,1-2H3. The van der Waals surface area contributed by atoms with Crippen molar-refractivity contribution in [3.05, 3.63) is 34.4 Å². The maximum Gasteiger partial charge on any atom is 0.326 e. The van der Waals surface area contributed by atoms with Crippen LogP contribution in [0, 0.1) is 10.1 Å². The largest absolute Gasteiger partial charge is 0.485 e. The third kappa shape index (κ3) is 4.22. The molecular formula is C12H16N2O5. The molecule has 0 fully saturated rings. The van der Waals surface area contributed by atoms with E-state index in [1.165, 1.54) is 12.1 Å². The van der Waals surface area contributed by atoms with E-state index in [0.29, 0.717) is 0 Å². The summed E-state index contributed by atoms with van der Waals surface area (Å²) in [6, 6.07) is 5.33. The summed E-state index contributed by atoms with van der Waals surface area (Å²) in [5.74, 6) is -0.333. The maximum absolute atomic E-state index is 11.5. The summed E-state index contributed by atoms with van der Waals surface area (Å²) >= 11 is 0. The first-order valence-electron chi connectivity index (χ1n) is 5.80. The molecule has 19 heavy (non-hydrogen) atoms. The lowest BCUT2D eigenvalue weighted by Crippen LogP contribution is -2.40. The number of rotatable bonds is 7. The Bertz CT molecular complexity index is 450. The molecule has 1 rings (SSSR count). The number of carbonyl (C=O) groups is 1. The number of likely N-dealkylation sites (N-methyl/N-ethyl adjacent to an activating group) is 1. The number of hydrogen-bond donors (Lipinski definition) is 1. The highest BCUT2D eigenvalue weighted by Crippen LogP contribution is 2.25. The van der Waals surface area contributed by atoms with Crippen LogP contribution < -0.4 is 10.1 Å². The van der Waals surface area contributed by atoms with Crippen molar-refractivity contribution in [2.75, 3.05) is 20.3 Å². The Hall–Kier alpha value is -2.15. The van der Waals surface area contributed by atoms with Gasteiger partial charge in [-0.1, -0.05) is 12.1 Å². The second-order valence-electron chi connectivity index (χ2n) is 3.63. The monoisotopic (exact) mass is 268 g/mol. The van der Waals surface area contributed by atoms with Gasteiger partial charge in [-0.3, -0.25) is 14.9 Å². The molecule has 7 nitrogen and oxygen atoms in total. The summed E-state index contributed by atoms with van der Waals surface area (Å²) in [6.07, 6.45) is 0. The van der Waals surface area contributed by atoms with E-state index in [4.69, 9.17) is 9.47 Å². The van der Waals surface area contributed by atoms with Gasteiger partial charge in [0.15, 0.2) is 5.75 Å². The molecule has 0 aliphatic rings. The number of nitrogens with zero attached hydrogens (tertiary/aromatic N) is 1. The molecule has 0 heterocycles. The van der Waals surface area contributed by atoms with Gasteiger partial charge in [0.25, 0.3) is 0 Å². The van der Waals surface area contributed by atoms with Crippen molar-refractivity contribution >= 4 is 11.7 Å². The van der Waals surface area contributed by atoms with Crippen LogP contribution in [0.2, 0.25) is 0 Å². The van der Waals surface area contributed by atoms with Crippen LogP contribution in [0.4, 0.5) is 5.69 Å². The van der Waals surface area contributed by atoms with E-state index in [9.17, 15) is 14.9 Å². The molecule has 0 amide bonds. The Labute approximate surface area is 110 Å². The van der Waals surface area contributed by atoms with Gasteiger partial charge in [-0.05, 0) is 20.0 Å². The number of para-hydroxylation sites is 2. The fourth-order valence-electron chi connectivity index (χ4n) is 1.42. The zero-order valence-corrected chi connectivity index (χ0v) is 10.8. The minimum Gasteiger partial charge on any atom is -0.485 e. The summed E-state index contributed by atoms with van der Waals surface area (Å²) in [6.45, 7) is 1.93. The van der Waals surface area contributed by atoms with Crippen molar-refractivity contribution in [3.63, 3.8) is 0 Å². The molecular weight excluding hydrogens is 252 g/mol. The van der Waals surface area contributed by atoms with Crippen LogP contribution in [0.25, 0.3) is 0 Å². The fraction of sp³-hybridized carbons (Fsp3) is 0.417. The summed E-state index contributed by atoms with van der Waals surface area (Å²) in [5.41, 5.74) is -0.138. The molecule has 104 valence electrons. The molecule has 0 bridgehead atoms. The number of carbonyl (C=O) groups excluding carboxylic acids is 1. The molecule has 0 saturated heterocycles. The van der Waals surface area contributed by atoms with Gasteiger partial charge in [0.1, 0.15) is 12.6 Å². The first-order chi connectivity index (χ1) is 9.10. The van der Waals surface area contributed by atoms with Gasteiger partial charge in [-0.15, -0.1) is 0 Å². The van der Waals surface area contributed by atoms with Crippen molar-refractivity contribution < 1.29 is 19.2 Å². The number of esters is 1. The maximum atomic E-state index is 11.5. The Balaban J connectivity index is 2.70. The van der Waals surface area contributed by atoms with Gasteiger partial charge in [0.2, 0.25) is 0 Å². The Morgan fingerprint density at radius 1 is 1.47 bits per heavy atom. The number of nitro groups is 1. The van der Waals surface area contributed by atoms with E-state index in [1.54, 1.807) is 26.1 Å². The van der Waals surface area contributed by atoms with Gasteiger partial charge in [0, 0.05) is 6.07 Å². The third-order valence-electron chi connectivity index (χ3n) is 2.39. The first-order valence-corrected chi connectivity index (χ1v) is 5.80. The first kappa shape index (κ1) is 14.9. The van der Waals surface area contributed by atoms with E-state index in [0.717, 1.165) is 0 Å². The van der Waals surface area contributed by atoms with Crippen LogP contribution >= 0.6 is 0 Å². The van der Waals surface area contributed by atoms with Gasteiger partial charge in [-0.25, -0.2) is 0 Å². The van der Waals surface area contributed by atoms with Crippen molar-refractivity contribution in [1.29, 1.82) is 0 Å². The predicted octanol–water partition coefficient (Wildman–Crippen LogP) is 1.12. The molecule has 1 aromatic carbocycles. The lowest BCUT2D eigenvalue weighted by molar-refractivity contribution is -0.385. The van der Waals surface area contributed by atoms with Gasteiger partial charge >= 0.3 is 11.7 Å². The Morgan fingerprint density at radius 3 is 2.74 bits per heavy atom. The molecule has 0 aliphatic heterocycles. The molecule has 0 saturated carbocycles. The zero-order valence-electron chi connectivity index (χ0n) is 10.8. The quantitative estimate of drug-likeness (QED) is 0.453. The summed E-state index contributed by atoms with van der Waals surface area (Å²) in [5, 5.41) is 13.5. The van der Waals surface area contributed by atoms with Gasteiger partial charge < -0.3 is 14.8 Å². The predicted molar refractivity (Wildman–Crippen MR) is 68.1 cm³/mol. The number of ether oxygens (including phenoxy) is 2. The van der Waals surface area contributed by atoms with Crippen molar-refractivity contribution in [1.82, 2.24) is 5.32 Å². The minimum absolute atomic E-state index is 0.0415. The SMILES string of the molecule is CCOC(=O)C(COc1ccccc1[N+](=O)[O-])NC. The molecule has 0 aromatic heterocycles. The summed E-state index contributed by atoms with van der Waals surface area (Å²) in [7, 11) is 1.59. The van der Waals surface area contributed by atoms with Crippen molar-refractivity contribution in [2.24, 2.45) is 0 Å². The summed E-state index contributed by atoms with van der Waals surface area (Å²) < 4.78 is 10.2. The molecule has 1 atom stereocenters. The van der Waals surface area contributed by atoms with E-state index in [2.05, 4.69) is 5.32 Å². The molecule has 0 aliphatic carbocycles. The average molecular weight is 268 g/mol. The highest BCUT2D eigenvalue weighted by molar-refractivity contribution is 5.75. The molecule has 0 spiro atoms. The lowest BCUT2D eigenvalue weighted by atomic mass is 10.3. The van der Waals surface area contributed by atoms with E-state index in [-0.39, 0.29) is 24.7 Å². The molecule has 0 radical (unpaired) electrons. The van der Waals surface area contributed by atoms with Crippen LogP contribution in [0.3, 0.4) is 0 Å². The lowest BCUT2D eigenvalue weighted by Gasteiger charge is -2.15. The minimum atomic E-state index is -0.667. The Morgan fingerprint density at radius 2 is 2.16 bits per heavy atom. The van der Waals surface area contributed by atoms with Crippen LogP contribution in [0.1, 0.15) is 6.92 Å². The Kier molecular flexibility index (Phi) is 5.74. The normalized spacial score (nSPS) is 11.7. The van der Waals surface area contributed by atoms with E-state index >= 15 is 0 Å². The second-order valence-corrected chi connectivity index (χ2v) is 3.63. The number of benzene rings is 1. The smallest absolute Gasteiger partial charge is 0.326 e. The molecule has 1 N–H and O–H groups in total. The third-order valence-corrected chi connectivity index (χ3v) is 2.39. The zero-order chi connectivity index (χ0) is 14.3. The number of nitrogens with one attached hydrogen (secondary N) is 1. The van der Waals surface area contributed by atoms with Crippen molar-refractivity contribution in [3.8, 4) is 5.75 Å². The second kappa shape index (κ2) is 7.32. The highest BCUT2D eigenvalue weighted by Gasteiger charge is 2.21. The van der Waals surface area contributed by atoms with E-state index < -0.39 is 16.9 Å². The topological polar surface area (TPSA) is 90.7 Å². The average Bonchev–Trinajstić information content (AvgIpc) is 2.40. The molecule has 1 unspecified atom stereocenters. The highest BCUT2D eigenvalue weighted by atomic mass is 16.6. The number of hydrogen-bond acceptors (Lipinski definition) is 6. The fourth-order valence-corrected chi connectivity index (χ4v) is 1.42. The van der Waals surface area contributed by atoms with Crippen LogP contribution in [0.15, 0.2) is 24.3 Å². The van der Waals surface area contributed by atoms with E-state index in [1.807, 2.05) is 0 Å². The van der Waals surface area contributed by atoms with Gasteiger partial charge in [0.05, 0.1) is 11.5 Å². The molecule has 7 heteroatoms. The van der Waals surface area contributed by atoms with Gasteiger partial charge in [-0.2, -0.15) is 0 Å². The summed E-state index contributed by atoms with van der Waals surface area (Å²) in [4.78, 5) is 21.8. The van der Waals surface area contributed by atoms with Crippen LogP contribution in [0.5, 0.6) is 5.75 Å². The number of nitro benzene ring substituents is 1. The molecule has 1 aromatic rings. The van der Waals surface area contributed by atoms with Crippen LogP contribution in [-0.2, 0) is 9.53 Å². The van der Waals surface area contributed by atoms with Crippen molar-refractivity contribution in [2.45, 2.75) is 13.0 Å². The van der Waals surface area contributed by atoms with Crippen LogP contribution in [-0.4, -0.2) is 37.2 Å².